The molecule has 0 fully saturated rings. The number of hydrogen-bond donors (Lipinski definition) is 1. The molecule has 0 bridgehead atoms. The Kier molecular flexibility index (Phi) is 6.43. The summed E-state index contributed by atoms with van der Waals surface area (Å²) in [6.07, 6.45) is 2.48. The molecule has 1 rings (SSSR count). The second-order valence-corrected chi connectivity index (χ2v) is 4.70. The van der Waals surface area contributed by atoms with Crippen molar-refractivity contribution in [2.24, 2.45) is 5.92 Å². The maximum Gasteiger partial charge on any atom is 0.0582 e. The predicted octanol–water partition coefficient (Wildman–Crippen LogP) is 3.45. The first-order chi connectivity index (χ1) is 8.22. The molecule has 1 aromatic carbocycles. The molecular weight excluding hydrogens is 206 g/mol. The van der Waals surface area contributed by atoms with Gasteiger partial charge in [0.05, 0.1) is 6.54 Å². The normalized spacial score (nSPS) is 13.6. The van der Waals surface area contributed by atoms with Crippen LogP contribution in [0.4, 0.5) is 0 Å². The molecule has 1 heteroatoms. The van der Waals surface area contributed by atoms with Gasteiger partial charge in [-0.1, -0.05) is 50.3 Å². The average molecular weight is 229 g/mol. The molecule has 0 aliphatic rings. The van der Waals surface area contributed by atoms with Gasteiger partial charge in [0.15, 0.2) is 0 Å². The molecule has 0 radical (unpaired) electrons. The van der Waals surface area contributed by atoms with Crippen molar-refractivity contribution in [3.8, 4) is 11.8 Å². The van der Waals surface area contributed by atoms with Crippen LogP contribution in [0.1, 0.15) is 39.2 Å². The van der Waals surface area contributed by atoms with E-state index in [9.17, 15) is 0 Å². The van der Waals surface area contributed by atoms with Gasteiger partial charge < -0.3 is 5.32 Å². The lowest BCUT2D eigenvalue weighted by atomic mass is 10.0. The number of hydrogen-bond acceptors (Lipinski definition) is 1. The van der Waals surface area contributed by atoms with Gasteiger partial charge >= 0.3 is 0 Å². The summed E-state index contributed by atoms with van der Waals surface area (Å²) in [5.74, 6) is 7.11. The summed E-state index contributed by atoms with van der Waals surface area (Å²) < 4.78 is 0. The highest BCUT2D eigenvalue weighted by molar-refractivity contribution is 5.33. The van der Waals surface area contributed by atoms with Gasteiger partial charge in [-0.3, -0.25) is 0 Å². The number of rotatable bonds is 5. The average Bonchev–Trinajstić information content (AvgIpc) is 2.36. The molecule has 1 nitrogen and oxygen atoms in total. The van der Waals surface area contributed by atoms with Gasteiger partial charge in [0, 0.05) is 11.6 Å². The number of benzene rings is 1. The molecule has 2 atom stereocenters. The molecule has 0 aromatic heterocycles. The molecule has 0 saturated carbocycles. The summed E-state index contributed by atoms with van der Waals surface area (Å²) >= 11 is 0. The minimum absolute atomic E-state index is 0.551. The van der Waals surface area contributed by atoms with Gasteiger partial charge in [-0.2, -0.15) is 0 Å². The molecule has 0 aliphatic carbocycles. The van der Waals surface area contributed by atoms with E-state index in [4.69, 9.17) is 0 Å². The van der Waals surface area contributed by atoms with E-state index >= 15 is 0 Å². The lowest BCUT2D eigenvalue weighted by molar-refractivity contribution is 0.425. The lowest BCUT2D eigenvalue weighted by Gasteiger charge is -2.15. The van der Waals surface area contributed by atoms with E-state index in [1.54, 1.807) is 0 Å². The fraction of sp³-hybridized carbons (Fsp3) is 0.500. The van der Waals surface area contributed by atoms with Crippen LogP contribution in [-0.2, 0) is 0 Å². The van der Waals surface area contributed by atoms with E-state index in [2.05, 4.69) is 37.9 Å². The number of nitrogens with one attached hydrogen (secondary N) is 1. The highest BCUT2D eigenvalue weighted by atomic mass is 14.9. The highest BCUT2D eigenvalue weighted by Gasteiger charge is 2.04. The van der Waals surface area contributed by atoms with Gasteiger partial charge in [-0.25, -0.2) is 0 Å². The topological polar surface area (TPSA) is 12.0 Å². The summed E-state index contributed by atoms with van der Waals surface area (Å²) in [4.78, 5) is 0. The summed E-state index contributed by atoms with van der Waals surface area (Å²) in [5, 5.41) is 3.44. The van der Waals surface area contributed by atoms with Crippen molar-refractivity contribution < 1.29 is 0 Å². The molecule has 0 aliphatic heterocycles. The summed E-state index contributed by atoms with van der Waals surface area (Å²) in [6, 6.07) is 10.7. The zero-order valence-corrected chi connectivity index (χ0v) is 11.2. The predicted molar refractivity (Wildman–Crippen MR) is 74.9 cm³/mol. The van der Waals surface area contributed by atoms with Crippen molar-refractivity contribution in [2.45, 2.75) is 39.7 Å². The van der Waals surface area contributed by atoms with Crippen LogP contribution in [0.5, 0.6) is 0 Å². The Labute approximate surface area is 106 Å². The lowest BCUT2D eigenvalue weighted by Crippen LogP contribution is -2.28. The molecule has 92 valence electrons. The monoisotopic (exact) mass is 229 g/mol. The van der Waals surface area contributed by atoms with Gasteiger partial charge in [-0.05, 0) is 31.4 Å². The molecule has 0 saturated heterocycles. The van der Waals surface area contributed by atoms with Crippen molar-refractivity contribution >= 4 is 0 Å². The first kappa shape index (κ1) is 13.8. The Hall–Kier alpha value is -1.26. The second kappa shape index (κ2) is 7.92. The van der Waals surface area contributed by atoms with E-state index in [0.717, 1.165) is 18.0 Å². The van der Waals surface area contributed by atoms with Crippen molar-refractivity contribution in [2.75, 3.05) is 6.54 Å². The van der Waals surface area contributed by atoms with Gasteiger partial charge in [0.1, 0.15) is 0 Å². The molecule has 2 unspecified atom stereocenters. The summed E-state index contributed by atoms with van der Waals surface area (Å²) in [5.41, 5.74) is 1.09. The largest absolute Gasteiger partial charge is 0.304 e. The van der Waals surface area contributed by atoms with Crippen LogP contribution < -0.4 is 5.32 Å². The van der Waals surface area contributed by atoms with Gasteiger partial charge in [0.25, 0.3) is 0 Å². The molecule has 17 heavy (non-hydrogen) atoms. The summed E-state index contributed by atoms with van der Waals surface area (Å²) in [6.45, 7) is 7.54. The van der Waals surface area contributed by atoms with Gasteiger partial charge in [-0.15, -0.1) is 0 Å². The Morgan fingerprint density at radius 2 is 1.88 bits per heavy atom. The van der Waals surface area contributed by atoms with Crippen LogP contribution in [0.3, 0.4) is 0 Å². The van der Waals surface area contributed by atoms with E-state index in [-0.39, 0.29) is 0 Å². The quantitative estimate of drug-likeness (QED) is 0.763. The second-order valence-electron chi connectivity index (χ2n) is 4.70. The summed E-state index contributed by atoms with van der Waals surface area (Å²) in [7, 11) is 0. The first-order valence-electron chi connectivity index (χ1n) is 6.49. The molecule has 0 heterocycles. The fourth-order valence-corrected chi connectivity index (χ4v) is 1.75. The van der Waals surface area contributed by atoms with Crippen LogP contribution in [0.2, 0.25) is 0 Å². The third-order valence-electron chi connectivity index (χ3n) is 3.00. The van der Waals surface area contributed by atoms with E-state index in [1.165, 1.54) is 12.8 Å². The maximum atomic E-state index is 3.44. The third kappa shape index (κ3) is 6.14. The Morgan fingerprint density at radius 3 is 2.53 bits per heavy atom. The molecule has 1 aromatic rings. The van der Waals surface area contributed by atoms with Crippen molar-refractivity contribution in [3.63, 3.8) is 0 Å². The highest BCUT2D eigenvalue weighted by Crippen LogP contribution is 2.08. The molecular formula is C16H23N. The fourth-order valence-electron chi connectivity index (χ4n) is 1.75. The van der Waals surface area contributed by atoms with Crippen molar-refractivity contribution in [1.82, 2.24) is 5.32 Å². The van der Waals surface area contributed by atoms with Crippen LogP contribution in [0.25, 0.3) is 0 Å². The first-order valence-corrected chi connectivity index (χ1v) is 6.49. The SMILES string of the molecule is CCC(C)CC(C)NCC#Cc1ccccc1. The van der Waals surface area contributed by atoms with E-state index < -0.39 is 0 Å². The van der Waals surface area contributed by atoms with Crippen LogP contribution in [0, 0.1) is 17.8 Å². The van der Waals surface area contributed by atoms with Crippen LogP contribution in [-0.4, -0.2) is 12.6 Å². The minimum Gasteiger partial charge on any atom is -0.304 e. The standard InChI is InChI=1S/C16H23N/c1-4-14(2)13-15(3)17-12-8-11-16-9-6-5-7-10-16/h5-7,9-10,14-15,17H,4,12-13H2,1-3H3. The zero-order valence-electron chi connectivity index (χ0n) is 11.2. The van der Waals surface area contributed by atoms with Crippen molar-refractivity contribution in [1.29, 1.82) is 0 Å². The van der Waals surface area contributed by atoms with Crippen molar-refractivity contribution in [3.05, 3.63) is 35.9 Å². The Morgan fingerprint density at radius 1 is 1.18 bits per heavy atom. The zero-order chi connectivity index (χ0) is 12.5. The molecule has 1 N–H and O–H groups in total. The third-order valence-corrected chi connectivity index (χ3v) is 3.00. The van der Waals surface area contributed by atoms with Crippen LogP contribution in [0.15, 0.2) is 30.3 Å². The molecule has 0 amide bonds. The minimum atomic E-state index is 0.551. The maximum absolute atomic E-state index is 3.44. The van der Waals surface area contributed by atoms with E-state index in [0.29, 0.717) is 6.04 Å². The molecule has 0 spiro atoms. The van der Waals surface area contributed by atoms with Crippen LogP contribution >= 0.6 is 0 Å². The Bertz CT molecular complexity index is 358. The smallest absolute Gasteiger partial charge is 0.0582 e. The van der Waals surface area contributed by atoms with Gasteiger partial charge in [0.2, 0.25) is 0 Å². The van der Waals surface area contributed by atoms with E-state index in [1.807, 2.05) is 30.3 Å². The Balaban J connectivity index is 2.26.